The first-order chi connectivity index (χ1) is 14.3. The molecule has 160 valence electrons. The van der Waals surface area contributed by atoms with Gasteiger partial charge in [-0.25, -0.2) is 5.43 Å². The molecule has 30 heavy (non-hydrogen) atoms. The van der Waals surface area contributed by atoms with Crippen molar-refractivity contribution in [3.05, 3.63) is 64.7 Å². The van der Waals surface area contributed by atoms with Crippen molar-refractivity contribution >= 4 is 35.3 Å². The topological polar surface area (TPSA) is 73.8 Å². The Morgan fingerprint density at radius 2 is 1.77 bits per heavy atom. The van der Waals surface area contributed by atoms with Gasteiger partial charge in [0.25, 0.3) is 11.8 Å². The largest absolute Gasteiger partial charge is 0.372 e. The normalized spacial score (nSPS) is 12.1. The lowest BCUT2D eigenvalue weighted by molar-refractivity contribution is -0.123. The van der Waals surface area contributed by atoms with Crippen molar-refractivity contribution in [2.75, 3.05) is 18.0 Å². The zero-order valence-corrected chi connectivity index (χ0v) is 18.6. The number of hydrogen-bond donors (Lipinski definition) is 2. The Labute approximate surface area is 183 Å². The van der Waals surface area contributed by atoms with Gasteiger partial charge in [-0.15, -0.1) is 0 Å². The highest BCUT2D eigenvalue weighted by Crippen LogP contribution is 2.14. The van der Waals surface area contributed by atoms with E-state index in [1.165, 1.54) is 0 Å². The van der Waals surface area contributed by atoms with E-state index in [0.717, 1.165) is 24.3 Å². The zero-order chi connectivity index (χ0) is 22.1. The van der Waals surface area contributed by atoms with Gasteiger partial charge in [-0.1, -0.05) is 43.6 Å². The molecule has 0 aliphatic heterocycles. The van der Waals surface area contributed by atoms with Crippen LogP contribution in [0.15, 0.2) is 53.6 Å². The van der Waals surface area contributed by atoms with Crippen LogP contribution in [-0.4, -0.2) is 37.2 Å². The molecule has 0 fully saturated rings. The van der Waals surface area contributed by atoms with Gasteiger partial charge in [-0.05, 0) is 55.7 Å². The molecule has 6 nitrogen and oxygen atoms in total. The van der Waals surface area contributed by atoms with Crippen molar-refractivity contribution in [1.29, 1.82) is 0 Å². The average molecular weight is 429 g/mol. The minimum absolute atomic E-state index is 0.114. The van der Waals surface area contributed by atoms with Gasteiger partial charge in [0, 0.05) is 29.4 Å². The highest BCUT2D eigenvalue weighted by molar-refractivity contribution is 6.31. The predicted molar refractivity (Wildman–Crippen MR) is 123 cm³/mol. The summed E-state index contributed by atoms with van der Waals surface area (Å²) in [4.78, 5) is 27.3. The molecule has 2 aromatic rings. The molecule has 0 spiro atoms. The number of anilines is 1. The summed E-state index contributed by atoms with van der Waals surface area (Å²) in [5, 5.41) is 7.26. The number of nitrogens with one attached hydrogen (secondary N) is 2. The van der Waals surface area contributed by atoms with Crippen molar-refractivity contribution in [1.82, 2.24) is 10.7 Å². The van der Waals surface area contributed by atoms with Crippen molar-refractivity contribution in [2.24, 2.45) is 11.0 Å². The predicted octanol–water partition coefficient (Wildman–Crippen LogP) is 4.09. The molecular weight excluding hydrogens is 400 g/mol. The third kappa shape index (κ3) is 6.59. The van der Waals surface area contributed by atoms with Crippen molar-refractivity contribution in [3.8, 4) is 0 Å². The van der Waals surface area contributed by atoms with Crippen LogP contribution in [0.5, 0.6) is 0 Å². The fourth-order valence-electron chi connectivity index (χ4n) is 2.99. The molecule has 2 N–H and O–H groups in total. The summed E-state index contributed by atoms with van der Waals surface area (Å²) in [6.07, 6.45) is 1.58. The Morgan fingerprint density at radius 1 is 1.10 bits per heavy atom. The molecule has 0 saturated carbocycles. The van der Waals surface area contributed by atoms with Crippen molar-refractivity contribution in [3.63, 3.8) is 0 Å². The molecule has 1 atom stereocenters. The Hall–Kier alpha value is -2.86. The van der Waals surface area contributed by atoms with Crippen LogP contribution in [0.1, 0.15) is 43.6 Å². The second kappa shape index (κ2) is 11.4. The van der Waals surface area contributed by atoms with E-state index in [1.807, 2.05) is 38.1 Å². The molecule has 0 aliphatic rings. The highest BCUT2D eigenvalue weighted by Gasteiger charge is 2.24. The fourth-order valence-corrected chi connectivity index (χ4v) is 3.18. The number of nitrogens with zero attached hydrogens (tertiary/aromatic N) is 2. The molecule has 0 radical (unpaired) electrons. The van der Waals surface area contributed by atoms with E-state index in [4.69, 9.17) is 11.6 Å². The maximum absolute atomic E-state index is 12.6. The number of hydrazone groups is 1. The first kappa shape index (κ1) is 23.4. The van der Waals surface area contributed by atoms with Crippen LogP contribution in [0.4, 0.5) is 5.69 Å². The van der Waals surface area contributed by atoms with Crippen LogP contribution >= 0.6 is 11.6 Å². The van der Waals surface area contributed by atoms with Crippen LogP contribution in [0.25, 0.3) is 0 Å². The van der Waals surface area contributed by atoms with E-state index < -0.39 is 6.04 Å². The molecule has 0 bridgehead atoms. The highest BCUT2D eigenvalue weighted by atomic mass is 35.5. The second-order valence-electron chi connectivity index (χ2n) is 7.20. The van der Waals surface area contributed by atoms with Gasteiger partial charge in [-0.2, -0.15) is 5.10 Å². The maximum atomic E-state index is 12.6. The van der Waals surface area contributed by atoms with Gasteiger partial charge in [0.15, 0.2) is 0 Å². The molecule has 2 amide bonds. The first-order valence-corrected chi connectivity index (χ1v) is 10.5. The quantitative estimate of drug-likeness (QED) is 0.466. The lowest BCUT2D eigenvalue weighted by Gasteiger charge is -2.21. The number of benzene rings is 2. The summed E-state index contributed by atoms with van der Waals surface area (Å²) in [7, 11) is 0. The maximum Gasteiger partial charge on any atom is 0.262 e. The second-order valence-corrected chi connectivity index (χ2v) is 7.64. The number of hydrogen-bond acceptors (Lipinski definition) is 4. The smallest absolute Gasteiger partial charge is 0.262 e. The Balaban J connectivity index is 1.98. The van der Waals surface area contributed by atoms with E-state index >= 15 is 0 Å². The third-order valence-electron chi connectivity index (χ3n) is 4.73. The molecule has 0 aliphatic carbocycles. The summed E-state index contributed by atoms with van der Waals surface area (Å²) in [5.41, 5.74) is 4.93. The standard InChI is InChI=1S/C23H29ClN4O2/c1-5-28(6-2)20-12-10-17(11-13-20)15-25-27-23(30)21(16(3)4)26-22(29)18-8-7-9-19(24)14-18/h7-16,21H,5-6H2,1-4H3,(H,26,29)(H,27,30)/b25-15+. The van der Waals surface area contributed by atoms with Gasteiger partial charge < -0.3 is 10.2 Å². The molecule has 0 aromatic heterocycles. The van der Waals surface area contributed by atoms with E-state index in [9.17, 15) is 9.59 Å². The summed E-state index contributed by atoms with van der Waals surface area (Å²) >= 11 is 5.94. The lowest BCUT2D eigenvalue weighted by Crippen LogP contribution is -2.48. The van der Waals surface area contributed by atoms with E-state index in [1.54, 1.807) is 30.5 Å². The van der Waals surface area contributed by atoms with Gasteiger partial charge in [0.1, 0.15) is 6.04 Å². The van der Waals surface area contributed by atoms with Crippen LogP contribution in [0.2, 0.25) is 5.02 Å². The number of rotatable bonds is 9. The van der Waals surface area contributed by atoms with Crippen LogP contribution < -0.4 is 15.6 Å². The van der Waals surface area contributed by atoms with Crippen LogP contribution in [0, 0.1) is 5.92 Å². The summed E-state index contributed by atoms with van der Waals surface area (Å²) in [5.74, 6) is -0.851. The zero-order valence-electron chi connectivity index (χ0n) is 17.9. The monoisotopic (exact) mass is 428 g/mol. The summed E-state index contributed by atoms with van der Waals surface area (Å²) < 4.78 is 0. The Kier molecular flexibility index (Phi) is 8.87. The number of carbonyl (C=O) groups excluding carboxylic acids is 2. The Bertz CT molecular complexity index is 877. The molecule has 0 heterocycles. The first-order valence-electron chi connectivity index (χ1n) is 10.1. The number of carbonyl (C=O) groups is 2. The van der Waals surface area contributed by atoms with Gasteiger partial charge in [0.05, 0.1) is 6.21 Å². The fraction of sp³-hybridized carbons (Fsp3) is 0.348. The Morgan fingerprint density at radius 3 is 2.33 bits per heavy atom. The minimum Gasteiger partial charge on any atom is -0.372 e. The molecule has 0 saturated heterocycles. The molecule has 7 heteroatoms. The molecule has 2 rings (SSSR count). The van der Waals surface area contributed by atoms with Gasteiger partial charge in [0.2, 0.25) is 0 Å². The SMILES string of the molecule is CCN(CC)c1ccc(/C=N/NC(=O)C(NC(=O)c2cccc(Cl)c2)C(C)C)cc1. The molecule has 1 unspecified atom stereocenters. The molecule has 2 aromatic carbocycles. The average Bonchev–Trinajstić information content (AvgIpc) is 2.73. The van der Waals surface area contributed by atoms with Crippen molar-refractivity contribution in [2.45, 2.75) is 33.7 Å². The lowest BCUT2D eigenvalue weighted by atomic mass is 10.0. The van der Waals surface area contributed by atoms with Crippen LogP contribution in [-0.2, 0) is 4.79 Å². The molecular formula is C23H29ClN4O2. The van der Waals surface area contributed by atoms with Crippen LogP contribution in [0.3, 0.4) is 0 Å². The van der Waals surface area contributed by atoms with E-state index in [0.29, 0.717) is 10.6 Å². The summed E-state index contributed by atoms with van der Waals surface area (Å²) in [6.45, 7) is 9.83. The van der Waals surface area contributed by atoms with E-state index in [-0.39, 0.29) is 17.7 Å². The third-order valence-corrected chi connectivity index (χ3v) is 4.97. The van der Waals surface area contributed by atoms with Gasteiger partial charge in [-0.3, -0.25) is 9.59 Å². The summed E-state index contributed by atoms with van der Waals surface area (Å²) in [6, 6.07) is 13.8. The minimum atomic E-state index is -0.723. The van der Waals surface area contributed by atoms with E-state index in [2.05, 4.69) is 34.6 Å². The van der Waals surface area contributed by atoms with Gasteiger partial charge >= 0.3 is 0 Å². The van der Waals surface area contributed by atoms with Crippen molar-refractivity contribution < 1.29 is 9.59 Å². The number of halogens is 1. The number of amides is 2.